The predicted molar refractivity (Wildman–Crippen MR) is 134 cm³/mol. The van der Waals surface area contributed by atoms with E-state index in [1.165, 1.54) is 0 Å². The Morgan fingerprint density at radius 1 is 0.279 bits per heavy atom. The molecule has 0 amide bonds. The van der Waals surface area contributed by atoms with Crippen LogP contribution >= 0.6 is 0 Å². The van der Waals surface area contributed by atoms with E-state index in [9.17, 15) is 33.6 Å². The second-order valence-electron chi connectivity index (χ2n) is 3.80. The van der Waals surface area contributed by atoms with Crippen LogP contribution < -0.4 is 236 Å². The van der Waals surface area contributed by atoms with Crippen LogP contribution in [0.5, 0.6) is 0 Å². The molecular weight excluding hydrogens is 660 g/mol. The Kier molecular flexibility index (Phi) is 204. The SMILES string of the molecule is C=CC(=O)O.C=CC(=O)O.C=CC(=O)O.C=CC(=O)O.C=CC(=O)O.C=CC(=O)O.C=CC(=O)O.[H-].[H-].[H-].[H-].[H-].[H-].[H-].[H-].[Na+].[Na+].[Na+].[Na+].[Na+].[Na+].[Na+].[Na+]. The molecule has 0 bridgehead atoms. The van der Waals surface area contributed by atoms with Gasteiger partial charge in [0, 0.05) is 42.5 Å². The minimum atomic E-state index is -0.981. The van der Waals surface area contributed by atoms with Crippen LogP contribution in [0.1, 0.15) is 11.4 Å². The van der Waals surface area contributed by atoms with Gasteiger partial charge in [-0.05, 0) is 0 Å². The largest absolute Gasteiger partial charge is 1.00 e. The van der Waals surface area contributed by atoms with Gasteiger partial charge >= 0.3 is 278 Å². The zero-order chi connectivity index (χ0) is 30.0. The number of carbonyl (C=O) groups is 7. The monoisotopic (exact) mass is 696 g/mol. The van der Waals surface area contributed by atoms with Crippen molar-refractivity contribution in [3.63, 3.8) is 0 Å². The molecular formula is C21H36Na8O14. The average Bonchev–Trinajstić information content (AvgIpc) is 2.80. The van der Waals surface area contributed by atoms with Crippen LogP contribution in [-0.2, 0) is 33.6 Å². The molecule has 7 N–H and O–H groups in total. The van der Waals surface area contributed by atoms with E-state index in [1.807, 2.05) is 0 Å². The summed E-state index contributed by atoms with van der Waals surface area (Å²) in [6.07, 6.45) is 5.83. The normalized spacial score (nSPS) is 5.21. The van der Waals surface area contributed by atoms with E-state index in [4.69, 9.17) is 35.7 Å². The van der Waals surface area contributed by atoms with Gasteiger partial charge in [0.15, 0.2) is 0 Å². The molecule has 0 aromatic heterocycles. The van der Waals surface area contributed by atoms with Crippen molar-refractivity contribution in [1.29, 1.82) is 0 Å². The molecule has 0 unspecified atom stereocenters. The zero-order valence-corrected chi connectivity index (χ0v) is 42.5. The van der Waals surface area contributed by atoms with Crippen molar-refractivity contribution in [2.45, 2.75) is 0 Å². The Morgan fingerprint density at radius 2 is 0.302 bits per heavy atom. The first kappa shape index (κ1) is 96.9. The van der Waals surface area contributed by atoms with Gasteiger partial charge in [0.05, 0.1) is 0 Å². The first-order chi connectivity index (χ1) is 15.9. The number of carboxylic acids is 7. The topological polar surface area (TPSA) is 261 Å². The van der Waals surface area contributed by atoms with Crippen LogP contribution in [-0.4, -0.2) is 77.5 Å². The minimum Gasteiger partial charge on any atom is -1.00 e. The van der Waals surface area contributed by atoms with Crippen LogP contribution in [0, 0.1) is 0 Å². The maximum absolute atomic E-state index is 9.25. The fraction of sp³-hybridized carbons (Fsp3) is 0. The average molecular weight is 696 g/mol. The molecule has 0 heterocycles. The molecule has 0 saturated carbocycles. The molecule has 0 aromatic rings. The van der Waals surface area contributed by atoms with Crippen LogP contribution in [0.15, 0.2) is 88.6 Å². The predicted octanol–water partition coefficient (Wildman–Crippen LogP) is -21.3. The van der Waals surface area contributed by atoms with Gasteiger partial charge in [-0.25, -0.2) is 33.6 Å². The summed E-state index contributed by atoms with van der Waals surface area (Å²) in [5.74, 6) is -6.87. The van der Waals surface area contributed by atoms with Crippen molar-refractivity contribution < 1.29 is 317 Å². The second kappa shape index (κ2) is 90.5. The Morgan fingerprint density at radius 3 is 0.302 bits per heavy atom. The van der Waals surface area contributed by atoms with E-state index in [-0.39, 0.29) is 248 Å². The van der Waals surface area contributed by atoms with E-state index in [0.717, 1.165) is 42.5 Å². The van der Waals surface area contributed by atoms with Gasteiger partial charge < -0.3 is 47.2 Å². The van der Waals surface area contributed by atoms with E-state index >= 15 is 0 Å². The van der Waals surface area contributed by atoms with E-state index in [2.05, 4.69) is 46.1 Å². The van der Waals surface area contributed by atoms with Crippen molar-refractivity contribution >= 4 is 41.8 Å². The molecule has 212 valence electrons. The Labute approximate surface area is 439 Å². The van der Waals surface area contributed by atoms with Gasteiger partial charge in [0.1, 0.15) is 0 Å². The first-order valence-corrected chi connectivity index (χ1v) is 7.87. The third kappa shape index (κ3) is 296. The van der Waals surface area contributed by atoms with Gasteiger partial charge in [0.25, 0.3) is 0 Å². The van der Waals surface area contributed by atoms with Crippen LogP contribution in [0.4, 0.5) is 0 Å². The van der Waals surface area contributed by atoms with Gasteiger partial charge in [0.2, 0.25) is 0 Å². The summed E-state index contributed by atoms with van der Waals surface area (Å²) in [7, 11) is 0. The quantitative estimate of drug-likeness (QED) is 0.0964. The summed E-state index contributed by atoms with van der Waals surface area (Å²) < 4.78 is 0. The molecule has 0 atom stereocenters. The van der Waals surface area contributed by atoms with Crippen LogP contribution in [0.25, 0.3) is 0 Å². The standard InChI is InChI=1S/7C3H4O2.8Na.8H/c7*1-2-3(4)5;;;;;;;;;;;;;;;;/h7*2H,1H2,(H,4,5);;;;;;;;;;;;;;;;/q;;;;;;;8*+1;8*-1. The van der Waals surface area contributed by atoms with Gasteiger partial charge in [-0.3, -0.25) is 0 Å². The first-order valence-electron chi connectivity index (χ1n) is 7.87. The second-order valence-corrected chi connectivity index (χ2v) is 3.80. The summed E-state index contributed by atoms with van der Waals surface area (Å²) in [4.78, 5) is 64.8. The van der Waals surface area contributed by atoms with E-state index in [0.29, 0.717) is 0 Å². The van der Waals surface area contributed by atoms with Gasteiger partial charge in [-0.1, -0.05) is 46.1 Å². The fourth-order valence-electron chi connectivity index (χ4n) is 0. The molecule has 0 rings (SSSR count). The molecule has 43 heavy (non-hydrogen) atoms. The molecule has 0 spiro atoms. The fourth-order valence-corrected chi connectivity index (χ4v) is 0. The Balaban J connectivity index is -0.00000000812. The third-order valence-corrected chi connectivity index (χ3v) is 1.22. The van der Waals surface area contributed by atoms with Crippen molar-refractivity contribution in [3.05, 3.63) is 88.6 Å². The van der Waals surface area contributed by atoms with Crippen molar-refractivity contribution in [3.8, 4) is 0 Å². The molecule has 0 aliphatic rings. The minimum absolute atomic E-state index is 0. The van der Waals surface area contributed by atoms with Crippen LogP contribution in [0.2, 0.25) is 0 Å². The molecule has 0 saturated heterocycles. The Hall–Kier alpha value is 2.47. The third-order valence-electron chi connectivity index (χ3n) is 1.22. The van der Waals surface area contributed by atoms with E-state index < -0.39 is 41.8 Å². The maximum Gasteiger partial charge on any atom is 1.00 e. The Bertz CT molecular complexity index is 630. The molecule has 22 heteroatoms. The number of hydrogen-bond donors (Lipinski definition) is 7. The summed E-state index contributed by atoms with van der Waals surface area (Å²) in [6, 6.07) is 0. The summed E-state index contributed by atoms with van der Waals surface area (Å²) in [6.45, 7) is 20.7. The summed E-state index contributed by atoms with van der Waals surface area (Å²) >= 11 is 0. The van der Waals surface area contributed by atoms with Crippen molar-refractivity contribution in [1.82, 2.24) is 0 Å². The number of carboxylic acid groups (broad SMARTS) is 7. The zero-order valence-electron chi connectivity index (χ0n) is 34.5. The molecule has 0 aliphatic carbocycles. The van der Waals surface area contributed by atoms with Crippen molar-refractivity contribution in [2.24, 2.45) is 0 Å². The van der Waals surface area contributed by atoms with Crippen molar-refractivity contribution in [2.75, 3.05) is 0 Å². The van der Waals surface area contributed by atoms with Crippen LogP contribution in [0.3, 0.4) is 0 Å². The molecule has 14 nitrogen and oxygen atoms in total. The molecule has 0 aromatic carbocycles. The number of aliphatic carboxylic acids is 7. The smallest absolute Gasteiger partial charge is 1.00 e. The van der Waals surface area contributed by atoms with E-state index in [1.54, 1.807) is 0 Å². The molecule has 0 aliphatic heterocycles. The number of rotatable bonds is 7. The number of hydrogen-bond acceptors (Lipinski definition) is 7. The maximum atomic E-state index is 9.25. The molecule has 0 radical (unpaired) electrons. The van der Waals surface area contributed by atoms with Gasteiger partial charge in [-0.15, -0.1) is 0 Å². The summed E-state index contributed by atoms with van der Waals surface area (Å²) in [5.41, 5.74) is 0. The molecule has 0 fully saturated rings. The summed E-state index contributed by atoms with van der Waals surface area (Å²) in [5, 5.41) is 53.2. The van der Waals surface area contributed by atoms with Gasteiger partial charge in [-0.2, -0.15) is 0 Å².